The molecule has 7 heteroatoms. The summed E-state index contributed by atoms with van der Waals surface area (Å²) in [5.41, 5.74) is 2.25. The summed E-state index contributed by atoms with van der Waals surface area (Å²) in [7, 11) is 7.94. The van der Waals surface area contributed by atoms with Crippen molar-refractivity contribution in [3.8, 4) is 0 Å². The van der Waals surface area contributed by atoms with Crippen molar-refractivity contribution in [2.45, 2.75) is 12.1 Å². The minimum Gasteiger partial charge on any atom is -0.480 e. The van der Waals surface area contributed by atoms with Crippen LogP contribution in [0.5, 0.6) is 0 Å². The minimum absolute atomic E-state index is 0.395. The van der Waals surface area contributed by atoms with Crippen molar-refractivity contribution in [3.63, 3.8) is 0 Å². The second-order valence-electron chi connectivity index (χ2n) is 6.64. The number of likely N-dealkylation sites (N-methyl/N-ethyl adjacent to an activating group) is 2. The number of rotatable bonds is 6. The van der Waals surface area contributed by atoms with Crippen LogP contribution in [0.3, 0.4) is 0 Å². The van der Waals surface area contributed by atoms with Crippen LogP contribution in [-0.2, 0) is 4.79 Å². The Morgan fingerprint density at radius 2 is 1.73 bits per heavy atom. The van der Waals surface area contributed by atoms with Crippen molar-refractivity contribution in [1.29, 1.82) is 0 Å². The summed E-state index contributed by atoms with van der Waals surface area (Å²) >= 11 is 0. The third-order valence-electron chi connectivity index (χ3n) is 4.58. The zero-order chi connectivity index (χ0) is 19.3. The molecule has 0 bridgehead atoms. The Balaban J connectivity index is 2.38. The SMILES string of the molecule is CN(C)C1(N(C)C)C=CC(c2ccccc2)=C(NC(=O)NCC(=O)O)C1. The molecular formula is C19H26N4O3. The van der Waals surface area contributed by atoms with Crippen molar-refractivity contribution >= 4 is 17.6 Å². The van der Waals surface area contributed by atoms with E-state index in [0.717, 1.165) is 16.8 Å². The van der Waals surface area contributed by atoms with Crippen molar-refractivity contribution in [3.05, 3.63) is 53.7 Å². The Kier molecular flexibility index (Phi) is 6.18. The quantitative estimate of drug-likeness (QED) is 0.672. The summed E-state index contributed by atoms with van der Waals surface area (Å²) in [4.78, 5) is 27.0. The highest BCUT2D eigenvalue weighted by Crippen LogP contribution is 2.35. The molecule has 0 aliphatic heterocycles. The van der Waals surface area contributed by atoms with Crippen LogP contribution < -0.4 is 10.6 Å². The average molecular weight is 358 g/mol. The van der Waals surface area contributed by atoms with Crippen LogP contribution in [0.4, 0.5) is 4.79 Å². The molecule has 26 heavy (non-hydrogen) atoms. The number of amides is 2. The fourth-order valence-electron chi connectivity index (χ4n) is 3.08. The maximum atomic E-state index is 12.2. The Bertz CT molecular complexity index is 716. The van der Waals surface area contributed by atoms with Crippen LogP contribution >= 0.6 is 0 Å². The zero-order valence-electron chi connectivity index (χ0n) is 15.6. The van der Waals surface area contributed by atoms with Gasteiger partial charge in [-0.05, 0) is 39.8 Å². The lowest BCUT2D eigenvalue weighted by atomic mass is 9.88. The Hall–Kier alpha value is -2.64. The Labute approximate surface area is 154 Å². The number of nitrogens with zero attached hydrogens (tertiary/aromatic N) is 2. The largest absolute Gasteiger partial charge is 0.480 e. The second-order valence-corrected chi connectivity index (χ2v) is 6.64. The third-order valence-corrected chi connectivity index (χ3v) is 4.58. The molecule has 2 rings (SSSR count). The number of hydrogen-bond donors (Lipinski definition) is 3. The summed E-state index contributed by atoms with van der Waals surface area (Å²) < 4.78 is 0. The van der Waals surface area contributed by atoms with Crippen molar-refractivity contribution < 1.29 is 14.7 Å². The van der Waals surface area contributed by atoms with Gasteiger partial charge in [0.05, 0.1) is 5.66 Å². The van der Waals surface area contributed by atoms with Crippen molar-refractivity contribution in [2.75, 3.05) is 34.7 Å². The number of benzene rings is 1. The van der Waals surface area contributed by atoms with E-state index in [1.54, 1.807) is 0 Å². The predicted molar refractivity (Wildman–Crippen MR) is 101 cm³/mol. The van der Waals surface area contributed by atoms with Crippen molar-refractivity contribution in [1.82, 2.24) is 20.4 Å². The number of carboxylic acids is 1. The van der Waals surface area contributed by atoms with E-state index in [9.17, 15) is 9.59 Å². The average Bonchev–Trinajstić information content (AvgIpc) is 2.60. The molecule has 0 heterocycles. The molecule has 2 amide bonds. The highest BCUT2D eigenvalue weighted by molar-refractivity contribution is 5.85. The molecule has 0 saturated carbocycles. The summed E-state index contributed by atoms with van der Waals surface area (Å²) in [6.07, 6.45) is 4.68. The summed E-state index contributed by atoms with van der Waals surface area (Å²) in [6, 6.07) is 9.25. The van der Waals surface area contributed by atoms with E-state index in [2.05, 4.69) is 26.5 Å². The molecule has 0 spiro atoms. The summed E-state index contributed by atoms with van der Waals surface area (Å²) in [5, 5.41) is 13.9. The molecule has 140 valence electrons. The molecule has 1 aliphatic carbocycles. The number of carbonyl (C=O) groups is 2. The first-order valence-corrected chi connectivity index (χ1v) is 8.35. The van der Waals surface area contributed by atoms with Crippen LogP contribution in [0.2, 0.25) is 0 Å². The van der Waals surface area contributed by atoms with Gasteiger partial charge in [0.15, 0.2) is 0 Å². The fraction of sp³-hybridized carbons (Fsp3) is 0.368. The van der Waals surface area contributed by atoms with Gasteiger partial charge in [-0.15, -0.1) is 0 Å². The normalized spacial score (nSPS) is 16.1. The topological polar surface area (TPSA) is 84.9 Å². The van der Waals surface area contributed by atoms with Gasteiger partial charge >= 0.3 is 12.0 Å². The minimum atomic E-state index is -1.09. The molecule has 0 saturated heterocycles. The molecule has 0 radical (unpaired) electrons. The number of urea groups is 1. The lowest BCUT2D eigenvalue weighted by Gasteiger charge is -2.45. The fourth-order valence-corrected chi connectivity index (χ4v) is 3.08. The molecule has 3 N–H and O–H groups in total. The number of allylic oxidation sites excluding steroid dienone is 2. The molecule has 0 unspecified atom stereocenters. The van der Waals surface area contributed by atoms with Gasteiger partial charge in [-0.3, -0.25) is 14.6 Å². The summed E-state index contributed by atoms with van der Waals surface area (Å²) in [6.45, 7) is -0.428. The van der Waals surface area contributed by atoms with Crippen LogP contribution in [0.15, 0.2) is 48.2 Å². The molecule has 0 atom stereocenters. The first-order chi connectivity index (χ1) is 12.3. The van der Waals surface area contributed by atoms with E-state index in [1.165, 1.54) is 0 Å². The Morgan fingerprint density at radius 3 is 2.27 bits per heavy atom. The van der Waals surface area contributed by atoms with Crippen molar-refractivity contribution in [2.24, 2.45) is 0 Å². The van der Waals surface area contributed by atoms with E-state index >= 15 is 0 Å². The van der Waals surface area contributed by atoms with Gasteiger partial charge in [-0.2, -0.15) is 0 Å². The first kappa shape index (κ1) is 19.7. The second kappa shape index (κ2) is 8.16. The van der Waals surface area contributed by atoms with Gasteiger partial charge in [0.25, 0.3) is 0 Å². The molecule has 0 aromatic heterocycles. The molecular weight excluding hydrogens is 332 g/mol. The van der Waals surface area contributed by atoms with Gasteiger partial charge < -0.3 is 15.7 Å². The van der Waals surface area contributed by atoms with Gasteiger partial charge in [0, 0.05) is 17.7 Å². The van der Waals surface area contributed by atoms with Crippen LogP contribution in [0.25, 0.3) is 5.57 Å². The van der Waals surface area contributed by atoms with E-state index in [-0.39, 0.29) is 0 Å². The van der Waals surface area contributed by atoms with Crippen LogP contribution in [0, 0.1) is 0 Å². The van der Waals surface area contributed by atoms with Crippen LogP contribution in [-0.4, -0.2) is 67.3 Å². The standard InChI is InChI=1S/C19H26N4O3/c1-22(2)19(23(3)4)11-10-15(14-8-6-5-7-9-14)16(12-19)21-18(26)20-13-17(24)25/h5-11H,12-13H2,1-4H3,(H,24,25)(H2,20,21,26). The first-order valence-electron chi connectivity index (χ1n) is 8.35. The van der Waals surface area contributed by atoms with Gasteiger partial charge in [0.1, 0.15) is 6.54 Å². The van der Waals surface area contributed by atoms with E-state index < -0.39 is 24.2 Å². The lowest BCUT2D eigenvalue weighted by molar-refractivity contribution is -0.135. The maximum Gasteiger partial charge on any atom is 0.323 e. The summed E-state index contributed by atoms with van der Waals surface area (Å²) in [5.74, 6) is -1.09. The zero-order valence-corrected chi connectivity index (χ0v) is 15.6. The van der Waals surface area contributed by atoms with E-state index in [4.69, 9.17) is 5.11 Å². The monoisotopic (exact) mass is 358 g/mol. The number of hydrogen-bond acceptors (Lipinski definition) is 4. The molecule has 1 aliphatic rings. The number of carbonyl (C=O) groups excluding carboxylic acids is 1. The highest BCUT2D eigenvalue weighted by Gasteiger charge is 2.37. The lowest BCUT2D eigenvalue weighted by Crippen LogP contribution is -2.56. The predicted octanol–water partition coefficient (Wildman–Crippen LogP) is 1.56. The van der Waals surface area contributed by atoms with E-state index in [0.29, 0.717) is 6.42 Å². The number of nitrogens with one attached hydrogen (secondary N) is 2. The molecule has 1 aromatic carbocycles. The van der Waals surface area contributed by atoms with Gasteiger partial charge in [-0.25, -0.2) is 4.79 Å². The highest BCUT2D eigenvalue weighted by atomic mass is 16.4. The van der Waals surface area contributed by atoms with Crippen LogP contribution in [0.1, 0.15) is 12.0 Å². The molecule has 7 nitrogen and oxygen atoms in total. The smallest absolute Gasteiger partial charge is 0.323 e. The van der Waals surface area contributed by atoms with E-state index in [1.807, 2.05) is 64.6 Å². The third kappa shape index (κ3) is 4.30. The molecule has 0 fully saturated rings. The van der Waals surface area contributed by atoms with Gasteiger partial charge in [0.2, 0.25) is 0 Å². The maximum absolute atomic E-state index is 12.2. The Morgan fingerprint density at radius 1 is 1.12 bits per heavy atom. The number of aliphatic carboxylic acids is 1. The van der Waals surface area contributed by atoms with Gasteiger partial charge in [-0.1, -0.05) is 36.4 Å². The molecule has 1 aromatic rings. The number of carboxylic acid groups (broad SMARTS) is 1.